The Balaban J connectivity index is 2.62. The largest absolute Gasteiger partial charge is 0.463 e. The van der Waals surface area contributed by atoms with Crippen LogP contribution in [-0.4, -0.2) is 68.8 Å². The molecule has 1 aromatic rings. The second-order valence-electron chi connectivity index (χ2n) is 7.07. The number of hydrogen-bond donors (Lipinski definition) is 0. The van der Waals surface area contributed by atoms with E-state index in [1.165, 1.54) is 24.3 Å². The van der Waals surface area contributed by atoms with Gasteiger partial charge in [-0.2, -0.15) is 0 Å². The number of benzene rings is 1. The lowest BCUT2D eigenvalue weighted by molar-refractivity contribution is -0.238. The average Bonchev–Trinajstić information content (AvgIpc) is 2.68. The summed E-state index contributed by atoms with van der Waals surface area (Å²) < 4.78 is 53.8. The summed E-state index contributed by atoms with van der Waals surface area (Å²) in [5.74, 6) is -3.28. The summed E-state index contributed by atoms with van der Waals surface area (Å²) in [6.45, 7) is 3.73. The molecule has 5 atom stereocenters. The van der Waals surface area contributed by atoms with Crippen LogP contribution in [-0.2, 0) is 52.7 Å². The number of hydrogen-bond acceptors (Lipinski definition) is 11. The second-order valence-corrected chi connectivity index (χ2v) is 10.0. The molecule has 0 aliphatic carbocycles. The maximum absolute atomic E-state index is 13.4. The van der Waals surface area contributed by atoms with Crippen molar-refractivity contribution < 1.29 is 51.3 Å². The third-order valence-corrected chi connectivity index (χ3v) is 6.85. The standard InChI is InChI=1S/C20H23BrO11S/c1-10(22)28-9-16-17(29-11(2)23)18(30-12(3)24)19(31-13(4)25)20(32-16)33(26,27)15-7-5-14(21)6-8-15/h5-8,16-20H,9H2,1-4H3. The maximum Gasteiger partial charge on any atom is 0.303 e. The van der Waals surface area contributed by atoms with Crippen molar-refractivity contribution in [3.8, 4) is 0 Å². The number of sulfone groups is 1. The highest BCUT2D eigenvalue weighted by atomic mass is 79.9. The molecule has 182 valence electrons. The summed E-state index contributed by atoms with van der Waals surface area (Å²) in [5, 5.41) is 0. The van der Waals surface area contributed by atoms with E-state index in [1.54, 1.807) is 0 Å². The van der Waals surface area contributed by atoms with E-state index in [2.05, 4.69) is 15.9 Å². The van der Waals surface area contributed by atoms with Gasteiger partial charge in [0.2, 0.25) is 15.3 Å². The van der Waals surface area contributed by atoms with E-state index in [1.807, 2.05) is 0 Å². The highest BCUT2D eigenvalue weighted by Gasteiger charge is 2.56. The van der Waals surface area contributed by atoms with Crippen molar-refractivity contribution >= 4 is 49.6 Å². The molecule has 0 aromatic heterocycles. The second kappa shape index (κ2) is 11.1. The van der Waals surface area contributed by atoms with Gasteiger partial charge >= 0.3 is 23.9 Å². The van der Waals surface area contributed by atoms with Crippen LogP contribution in [0.4, 0.5) is 0 Å². The van der Waals surface area contributed by atoms with E-state index in [0.717, 1.165) is 27.7 Å². The molecule has 1 fully saturated rings. The Hall–Kier alpha value is -2.51. The van der Waals surface area contributed by atoms with Crippen LogP contribution < -0.4 is 0 Å². The SMILES string of the molecule is CC(=O)OCC1OC(S(=O)(=O)c2ccc(Br)cc2)C(OC(C)=O)C(OC(C)=O)C1OC(C)=O. The van der Waals surface area contributed by atoms with Crippen LogP contribution >= 0.6 is 15.9 Å². The van der Waals surface area contributed by atoms with E-state index in [9.17, 15) is 27.6 Å². The first-order chi connectivity index (χ1) is 15.3. The van der Waals surface area contributed by atoms with Gasteiger partial charge in [-0.3, -0.25) is 19.2 Å². The molecule has 0 saturated carbocycles. The Morgan fingerprint density at radius 1 is 0.818 bits per heavy atom. The van der Waals surface area contributed by atoms with Gasteiger partial charge in [0, 0.05) is 32.2 Å². The monoisotopic (exact) mass is 550 g/mol. The molecule has 0 radical (unpaired) electrons. The Kier molecular flexibility index (Phi) is 8.97. The molecule has 13 heteroatoms. The Bertz CT molecular complexity index is 1010. The smallest absolute Gasteiger partial charge is 0.303 e. The van der Waals surface area contributed by atoms with E-state index >= 15 is 0 Å². The van der Waals surface area contributed by atoms with Gasteiger partial charge in [0.05, 0.1) is 4.90 Å². The van der Waals surface area contributed by atoms with Crippen LogP contribution in [0.25, 0.3) is 0 Å². The molecule has 0 amide bonds. The lowest BCUT2D eigenvalue weighted by atomic mass is 9.99. The Morgan fingerprint density at radius 3 is 1.79 bits per heavy atom. The van der Waals surface area contributed by atoms with Crippen LogP contribution in [0.5, 0.6) is 0 Å². The number of carbonyl (C=O) groups is 4. The minimum Gasteiger partial charge on any atom is -0.463 e. The van der Waals surface area contributed by atoms with Crippen LogP contribution in [0, 0.1) is 0 Å². The van der Waals surface area contributed by atoms with Crippen molar-refractivity contribution in [2.75, 3.05) is 6.61 Å². The molecular formula is C20H23BrO11S. The summed E-state index contributed by atoms with van der Waals surface area (Å²) in [6, 6.07) is 5.57. The highest BCUT2D eigenvalue weighted by Crippen LogP contribution is 2.34. The predicted molar refractivity (Wildman–Crippen MR) is 113 cm³/mol. The fourth-order valence-electron chi connectivity index (χ4n) is 3.20. The van der Waals surface area contributed by atoms with Crippen LogP contribution in [0.2, 0.25) is 0 Å². The minimum absolute atomic E-state index is 0.174. The van der Waals surface area contributed by atoms with Crippen LogP contribution in [0.1, 0.15) is 27.7 Å². The third kappa shape index (κ3) is 6.98. The van der Waals surface area contributed by atoms with E-state index < -0.39 is 70.2 Å². The predicted octanol–water partition coefficient (Wildman–Crippen LogP) is 1.31. The van der Waals surface area contributed by atoms with Gasteiger partial charge in [0.1, 0.15) is 12.7 Å². The number of carbonyl (C=O) groups excluding carboxylic acids is 4. The number of esters is 4. The molecule has 33 heavy (non-hydrogen) atoms. The lowest BCUT2D eigenvalue weighted by Gasteiger charge is -2.43. The summed E-state index contributed by atoms with van der Waals surface area (Å²) >= 11 is 3.21. The Labute approximate surface area is 198 Å². The third-order valence-electron chi connectivity index (χ3n) is 4.40. The molecule has 1 aromatic carbocycles. The quantitative estimate of drug-likeness (QED) is 0.357. The van der Waals surface area contributed by atoms with E-state index in [0.29, 0.717) is 4.47 Å². The van der Waals surface area contributed by atoms with Crippen molar-refractivity contribution in [1.29, 1.82) is 0 Å². The topological polar surface area (TPSA) is 149 Å². The number of halogens is 1. The molecule has 1 aliphatic heterocycles. The Morgan fingerprint density at radius 2 is 1.30 bits per heavy atom. The number of ether oxygens (including phenoxy) is 5. The molecule has 1 saturated heterocycles. The first kappa shape index (κ1) is 26.7. The molecule has 0 spiro atoms. The van der Waals surface area contributed by atoms with E-state index in [4.69, 9.17) is 23.7 Å². The van der Waals surface area contributed by atoms with Gasteiger partial charge in [-0.25, -0.2) is 8.42 Å². The molecule has 5 unspecified atom stereocenters. The van der Waals surface area contributed by atoms with Crippen molar-refractivity contribution in [3.63, 3.8) is 0 Å². The van der Waals surface area contributed by atoms with Gasteiger partial charge in [-0.15, -0.1) is 0 Å². The molecular weight excluding hydrogens is 528 g/mol. The molecule has 0 N–H and O–H groups in total. The zero-order chi connectivity index (χ0) is 24.9. The minimum atomic E-state index is -4.36. The van der Waals surface area contributed by atoms with Gasteiger partial charge in [0.15, 0.2) is 18.3 Å². The molecule has 11 nitrogen and oxygen atoms in total. The van der Waals surface area contributed by atoms with Crippen molar-refractivity contribution in [1.82, 2.24) is 0 Å². The van der Waals surface area contributed by atoms with Gasteiger partial charge in [-0.1, -0.05) is 15.9 Å². The fourth-order valence-corrected chi connectivity index (χ4v) is 5.10. The maximum atomic E-state index is 13.4. The number of rotatable bonds is 7. The van der Waals surface area contributed by atoms with E-state index in [-0.39, 0.29) is 4.90 Å². The summed E-state index contributed by atoms with van der Waals surface area (Å²) in [5.41, 5.74) is -1.88. The summed E-state index contributed by atoms with van der Waals surface area (Å²) in [4.78, 5) is 46.6. The van der Waals surface area contributed by atoms with Crippen LogP contribution in [0.3, 0.4) is 0 Å². The molecule has 0 bridgehead atoms. The van der Waals surface area contributed by atoms with Crippen LogP contribution in [0.15, 0.2) is 33.6 Å². The molecule has 2 rings (SSSR count). The zero-order valence-corrected chi connectivity index (χ0v) is 20.6. The zero-order valence-electron chi connectivity index (χ0n) is 18.2. The van der Waals surface area contributed by atoms with Crippen molar-refractivity contribution in [3.05, 3.63) is 28.7 Å². The highest BCUT2D eigenvalue weighted by molar-refractivity contribution is 9.10. The fraction of sp³-hybridized carbons (Fsp3) is 0.500. The molecule has 1 aliphatic rings. The van der Waals surface area contributed by atoms with Crippen molar-refractivity contribution in [2.45, 2.75) is 62.4 Å². The van der Waals surface area contributed by atoms with Gasteiger partial charge < -0.3 is 23.7 Å². The lowest BCUT2D eigenvalue weighted by Crippen LogP contribution is -2.64. The van der Waals surface area contributed by atoms with Crippen molar-refractivity contribution in [2.24, 2.45) is 0 Å². The summed E-state index contributed by atoms with van der Waals surface area (Å²) in [6.07, 6.45) is -6.06. The average molecular weight is 551 g/mol. The molecule has 1 heterocycles. The first-order valence-corrected chi connectivity index (χ1v) is 12.0. The van der Waals surface area contributed by atoms with Gasteiger partial charge in [-0.05, 0) is 24.3 Å². The summed E-state index contributed by atoms with van der Waals surface area (Å²) in [7, 11) is -4.36. The first-order valence-electron chi connectivity index (χ1n) is 9.63. The normalized spacial score (nSPS) is 24.9. The van der Waals surface area contributed by atoms with Gasteiger partial charge in [0.25, 0.3) is 0 Å².